The molecule has 10 nitrogen and oxygen atoms in total. The molecule has 2 amide bonds. The Morgan fingerprint density at radius 2 is 1.70 bits per heavy atom. The summed E-state index contributed by atoms with van der Waals surface area (Å²) < 4.78 is 37.1. The molecule has 1 fully saturated rings. The van der Waals surface area contributed by atoms with Gasteiger partial charge in [-0.15, -0.1) is 0 Å². The molecule has 2 heterocycles. The minimum Gasteiger partial charge on any atom is -0.482 e. The van der Waals surface area contributed by atoms with Crippen molar-refractivity contribution in [3.63, 3.8) is 0 Å². The summed E-state index contributed by atoms with van der Waals surface area (Å²) in [7, 11) is -1.70. The van der Waals surface area contributed by atoms with E-state index in [0.29, 0.717) is 41.9 Å². The fourth-order valence-electron chi connectivity index (χ4n) is 5.17. The monoisotopic (exact) mass is 646 g/mol. The lowest BCUT2D eigenvalue weighted by molar-refractivity contribution is -0.133. The van der Waals surface area contributed by atoms with Crippen molar-refractivity contribution in [2.75, 3.05) is 68.9 Å². The number of fused-ring (bicyclic) bond motifs is 1. The number of likely N-dealkylation sites (N-methyl/N-ethyl adjacent to an activating group) is 1. The molecule has 0 saturated carbocycles. The minimum absolute atomic E-state index is 0.206. The predicted octanol–water partition coefficient (Wildman–Crippen LogP) is 4.29. The lowest BCUT2D eigenvalue weighted by Crippen LogP contribution is -2.48. The van der Waals surface area contributed by atoms with Gasteiger partial charge in [-0.1, -0.05) is 53.5 Å². The number of nitrogens with zero attached hydrogens (tertiary/aromatic N) is 3. The van der Waals surface area contributed by atoms with Gasteiger partial charge in [0.15, 0.2) is 6.61 Å². The Balaban J connectivity index is 1.44. The lowest BCUT2D eigenvalue weighted by atomic mass is 9.98. The standard InChI is InChI=1S/C30H32Cl2N4O6S/c1-34(29(37)18-36-26-15-24(31)25(32)16-28(26)42-19-30(36)38)27(17-35-9-11-41-12-10-35)22-7-3-5-20(13-22)21-6-4-8-23(14-21)33-43(2,39)40/h3-8,13-16,27,33H,9-12,17-19H2,1-2H3. The Morgan fingerprint density at radius 3 is 2.42 bits per heavy atom. The highest BCUT2D eigenvalue weighted by Crippen LogP contribution is 2.39. The fraction of sp³-hybridized carbons (Fsp3) is 0.333. The molecule has 0 bridgehead atoms. The number of carbonyl (C=O) groups excluding carboxylic acids is 2. The molecule has 0 aromatic heterocycles. The van der Waals surface area contributed by atoms with Crippen LogP contribution in [-0.2, 0) is 24.3 Å². The molecule has 0 radical (unpaired) electrons. The van der Waals surface area contributed by atoms with Crippen LogP contribution in [0.15, 0.2) is 60.7 Å². The average Bonchev–Trinajstić information content (AvgIpc) is 2.98. The molecule has 1 saturated heterocycles. The summed E-state index contributed by atoms with van der Waals surface area (Å²) >= 11 is 12.4. The minimum atomic E-state index is -3.43. The quantitative estimate of drug-likeness (QED) is 0.369. The molecular weight excluding hydrogens is 615 g/mol. The van der Waals surface area contributed by atoms with Gasteiger partial charge in [0.2, 0.25) is 15.9 Å². The molecule has 2 aliphatic rings. The van der Waals surface area contributed by atoms with Crippen molar-refractivity contribution in [2.45, 2.75) is 6.04 Å². The third-order valence-corrected chi connectivity index (χ3v) is 8.73. The molecule has 228 valence electrons. The van der Waals surface area contributed by atoms with Gasteiger partial charge in [0.25, 0.3) is 5.91 Å². The molecule has 1 atom stereocenters. The van der Waals surface area contributed by atoms with Crippen molar-refractivity contribution >= 4 is 56.4 Å². The van der Waals surface area contributed by atoms with E-state index >= 15 is 0 Å². The summed E-state index contributed by atoms with van der Waals surface area (Å²) in [6, 6.07) is 17.7. The number of carbonyl (C=O) groups is 2. The predicted molar refractivity (Wildman–Crippen MR) is 167 cm³/mol. The maximum atomic E-state index is 13.8. The lowest BCUT2D eigenvalue weighted by Gasteiger charge is -2.37. The van der Waals surface area contributed by atoms with Gasteiger partial charge in [0.1, 0.15) is 12.3 Å². The topological polar surface area (TPSA) is 108 Å². The summed E-state index contributed by atoms with van der Waals surface area (Å²) in [6.07, 6.45) is 1.11. The van der Waals surface area contributed by atoms with Gasteiger partial charge in [-0.2, -0.15) is 0 Å². The normalized spacial score (nSPS) is 16.3. The van der Waals surface area contributed by atoms with Crippen LogP contribution < -0.4 is 14.4 Å². The van der Waals surface area contributed by atoms with Crippen molar-refractivity contribution in [3.8, 4) is 16.9 Å². The Bertz CT molecular complexity index is 1630. The molecule has 0 aliphatic carbocycles. The number of benzene rings is 3. The van der Waals surface area contributed by atoms with Gasteiger partial charge < -0.3 is 14.4 Å². The maximum Gasteiger partial charge on any atom is 0.265 e. The number of halogens is 2. The number of rotatable bonds is 9. The average molecular weight is 648 g/mol. The molecule has 3 aromatic carbocycles. The van der Waals surface area contributed by atoms with Crippen LogP contribution in [0.4, 0.5) is 11.4 Å². The van der Waals surface area contributed by atoms with Crippen LogP contribution in [0.1, 0.15) is 11.6 Å². The van der Waals surface area contributed by atoms with Crippen LogP contribution in [0.25, 0.3) is 11.1 Å². The van der Waals surface area contributed by atoms with E-state index in [1.807, 2.05) is 30.3 Å². The van der Waals surface area contributed by atoms with Crippen LogP contribution >= 0.6 is 23.2 Å². The number of hydrogen-bond acceptors (Lipinski definition) is 7. The Labute approximate surface area is 261 Å². The van der Waals surface area contributed by atoms with E-state index in [4.69, 9.17) is 32.7 Å². The first kappa shape index (κ1) is 31.1. The highest BCUT2D eigenvalue weighted by atomic mass is 35.5. The summed E-state index contributed by atoms with van der Waals surface area (Å²) in [5.41, 5.74) is 3.43. The zero-order valence-electron chi connectivity index (χ0n) is 23.8. The molecule has 3 aromatic rings. The second-order valence-electron chi connectivity index (χ2n) is 10.5. The molecular formula is C30H32Cl2N4O6S. The van der Waals surface area contributed by atoms with E-state index in [1.54, 1.807) is 36.2 Å². The second kappa shape index (κ2) is 13.1. The zero-order valence-corrected chi connectivity index (χ0v) is 26.1. The number of ether oxygens (including phenoxy) is 2. The van der Waals surface area contributed by atoms with E-state index in [-0.39, 0.29) is 36.0 Å². The second-order valence-corrected chi connectivity index (χ2v) is 13.1. The van der Waals surface area contributed by atoms with E-state index in [2.05, 4.69) is 9.62 Å². The van der Waals surface area contributed by atoms with Gasteiger partial charge in [0.05, 0.1) is 41.2 Å². The molecule has 13 heteroatoms. The highest BCUT2D eigenvalue weighted by molar-refractivity contribution is 7.92. The third-order valence-electron chi connectivity index (χ3n) is 7.40. The summed E-state index contributed by atoms with van der Waals surface area (Å²) in [6.45, 7) is 2.80. The largest absolute Gasteiger partial charge is 0.482 e. The van der Waals surface area contributed by atoms with E-state index in [1.165, 1.54) is 11.0 Å². The molecule has 5 rings (SSSR count). The first-order chi connectivity index (χ1) is 20.5. The molecule has 2 aliphatic heterocycles. The number of nitrogens with one attached hydrogen (secondary N) is 1. The van der Waals surface area contributed by atoms with Gasteiger partial charge in [-0.05, 0) is 41.0 Å². The Morgan fingerprint density at radius 1 is 1.02 bits per heavy atom. The zero-order chi connectivity index (χ0) is 30.7. The smallest absolute Gasteiger partial charge is 0.265 e. The Hall–Kier alpha value is -3.35. The molecule has 1 unspecified atom stereocenters. The van der Waals surface area contributed by atoms with Crippen molar-refractivity contribution in [1.29, 1.82) is 0 Å². The van der Waals surface area contributed by atoms with Crippen LogP contribution in [0, 0.1) is 0 Å². The van der Waals surface area contributed by atoms with Gasteiger partial charge in [-0.25, -0.2) is 8.42 Å². The third kappa shape index (κ3) is 7.60. The highest BCUT2D eigenvalue weighted by Gasteiger charge is 2.32. The van der Waals surface area contributed by atoms with Crippen LogP contribution in [0.5, 0.6) is 5.75 Å². The SMILES string of the molecule is CN(C(=O)CN1C(=O)COc2cc(Cl)c(Cl)cc21)C(CN1CCOCC1)c1cccc(-c2cccc(NS(C)(=O)=O)c2)c1. The van der Waals surface area contributed by atoms with Gasteiger partial charge in [0, 0.05) is 38.4 Å². The fourth-order valence-corrected chi connectivity index (χ4v) is 6.04. The first-order valence-corrected chi connectivity index (χ1v) is 16.3. The van der Waals surface area contributed by atoms with Crippen molar-refractivity contribution in [3.05, 3.63) is 76.3 Å². The van der Waals surface area contributed by atoms with Crippen molar-refractivity contribution in [1.82, 2.24) is 9.80 Å². The van der Waals surface area contributed by atoms with Crippen molar-refractivity contribution < 1.29 is 27.5 Å². The Kier molecular flexibility index (Phi) is 9.48. The van der Waals surface area contributed by atoms with Gasteiger partial charge >= 0.3 is 0 Å². The van der Waals surface area contributed by atoms with E-state index < -0.39 is 10.0 Å². The first-order valence-electron chi connectivity index (χ1n) is 13.6. The van der Waals surface area contributed by atoms with E-state index in [9.17, 15) is 18.0 Å². The number of anilines is 2. The molecule has 0 spiro atoms. The van der Waals surface area contributed by atoms with Crippen LogP contribution in [0.3, 0.4) is 0 Å². The number of sulfonamides is 1. The summed E-state index contributed by atoms with van der Waals surface area (Å²) in [4.78, 5) is 32.0. The van der Waals surface area contributed by atoms with Crippen LogP contribution in [0.2, 0.25) is 10.0 Å². The maximum absolute atomic E-state index is 13.8. The summed E-state index contributed by atoms with van der Waals surface area (Å²) in [5, 5.41) is 0.545. The van der Waals surface area contributed by atoms with Gasteiger partial charge in [-0.3, -0.25) is 24.1 Å². The molecule has 1 N–H and O–H groups in total. The number of morpholine rings is 1. The van der Waals surface area contributed by atoms with Crippen LogP contribution in [-0.4, -0.2) is 89.3 Å². The number of hydrogen-bond donors (Lipinski definition) is 1. The summed E-state index contributed by atoms with van der Waals surface area (Å²) in [5.74, 6) is -0.244. The van der Waals surface area contributed by atoms with E-state index in [0.717, 1.165) is 36.0 Å². The molecule has 43 heavy (non-hydrogen) atoms. The number of amides is 2. The van der Waals surface area contributed by atoms with Crippen molar-refractivity contribution in [2.24, 2.45) is 0 Å².